The summed E-state index contributed by atoms with van der Waals surface area (Å²) in [5.74, 6) is 4.41. The fourth-order valence-electron chi connectivity index (χ4n) is 4.39. The van der Waals surface area contributed by atoms with Gasteiger partial charge in [0.25, 0.3) is 0 Å². The molecule has 4 unspecified atom stereocenters. The van der Waals surface area contributed by atoms with Crippen molar-refractivity contribution in [1.29, 1.82) is 0 Å². The van der Waals surface area contributed by atoms with Crippen molar-refractivity contribution >= 4 is 0 Å². The highest BCUT2D eigenvalue weighted by atomic mass is 14.9. The van der Waals surface area contributed by atoms with Crippen molar-refractivity contribution in [2.24, 2.45) is 23.7 Å². The average molecular weight is 207 g/mol. The summed E-state index contributed by atoms with van der Waals surface area (Å²) in [4.78, 5) is 0. The van der Waals surface area contributed by atoms with Crippen LogP contribution in [0.3, 0.4) is 0 Å². The van der Waals surface area contributed by atoms with Crippen LogP contribution in [0.25, 0.3) is 0 Å². The fraction of sp³-hybridized carbons (Fsp3) is 1.00. The number of nitrogens with one attached hydrogen (secondary N) is 1. The Kier molecular flexibility index (Phi) is 3.01. The van der Waals surface area contributed by atoms with Crippen LogP contribution in [0.2, 0.25) is 0 Å². The first kappa shape index (κ1) is 10.1. The molecule has 3 rings (SSSR count). The van der Waals surface area contributed by atoms with E-state index in [0.717, 1.165) is 23.7 Å². The van der Waals surface area contributed by atoms with E-state index in [0.29, 0.717) is 0 Å². The Morgan fingerprint density at radius 2 is 2.00 bits per heavy atom. The van der Waals surface area contributed by atoms with Crippen molar-refractivity contribution in [2.75, 3.05) is 13.1 Å². The summed E-state index contributed by atoms with van der Waals surface area (Å²) in [5, 5.41) is 3.62. The molecule has 2 bridgehead atoms. The van der Waals surface area contributed by atoms with Gasteiger partial charge in [0.15, 0.2) is 0 Å². The highest BCUT2D eigenvalue weighted by Crippen LogP contribution is 2.50. The van der Waals surface area contributed by atoms with Crippen LogP contribution in [-0.2, 0) is 0 Å². The van der Waals surface area contributed by atoms with Gasteiger partial charge in [-0.2, -0.15) is 0 Å². The van der Waals surface area contributed by atoms with Gasteiger partial charge in [-0.3, -0.25) is 0 Å². The molecule has 0 amide bonds. The van der Waals surface area contributed by atoms with Crippen LogP contribution in [0.1, 0.15) is 51.4 Å². The molecule has 4 atom stereocenters. The molecular formula is C14H25N. The van der Waals surface area contributed by atoms with Crippen LogP contribution in [-0.4, -0.2) is 13.1 Å². The summed E-state index contributed by atoms with van der Waals surface area (Å²) in [7, 11) is 0. The maximum atomic E-state index is 3.62. The van der Waals surface area contributed by atoms with Crippen LogP contribution in [0.4, 0.5) is 0 Å². The van der Waals surface area contributed by atoms with Gasteiger partial charge in [0.1, 0.15) is 0 Å². The van der Waals surface area contributed by atoms with Gasteiger partial charge in [-0.15, -0.1) is 0 Å². The Labute approximate surface area is 94.0 Å². The molecule has 1 saturated heterocycles. The van der Waals surface area contributed by atoms with Gasteiger partial charge in [0.05, 0.1) is 0 Å². The van der Waals surface area contributed by atoms with Crippen molar-refractivity contribution in [3.63, 3.8) is 0 Å². The molecule has 15 heavy (non-hydrogen) atoms. The third kappa shape index (κ3) is 2.22. The Bertz CT molecular complexity index is 205. The first-order chi connectivity index (χ1) is 7.42. The minimum absolute atomic E-state index is 1.01. The average Bonchev–Trinajstić information content (AvgIpc) is 2.75. The SMILES string of the molecule is C1CCC(CC2CC3CCC2C3)CNC1. The molecule has 3 fully saturated rings. The zero-order valence-corrected chi connectivity index (χ0v) is 9.88. The minimum atomic E-state index is 1.01. The zero-order valence-electron chi connectivity index (χ0n) is 9.88. The number of hydrogen-bond acceptors (Lipinski definition) is 1. The number of rotatable bonds is 2. The highest BCUT2D eigenvalue weighted by molar-refractivity contribution is 4.91. The first-order valence-electron chi connectivity index (χ1n) is 7.12. The normalized spacial score (nSPS) is 45.6. The maximum Gasteiger partial charge on any atom is -0.00204 e. The zero-order chi connectivity index (χ0) is 10.1. The Hall–Kier alpha value is -0.0400. The first-order valence-corrected chi connectivity index (χ1v) is 7.12. The molecule has 1 nitrogen and oxygen atoms in total. The standard InChI is InChI=1S/C14H25N/c1-2-6-15-10-12(3-1)9-14-8-11-4-5-13(14)7-11/h11-15H,1-10H2. The lowest BCUT2D eigenvalue weighted by molar-refractivity contribution is 0.260. The molecule has 0 spiro atoms. The van der Waals surface area contributed by atoms with Crippen molar-refractivity contribution in [2.45, 2.75) is 51.4 Å². The number of hydrogen-bond donors (Lipinski definition) is 1. The molecule has 0 radical (unpaired) electrons. The van der Waals surface area contributed by atoms with E-state index in [1.807, 2.05) is 0 Å². The lowest BCUT2D eigenvalue weighted by Crippen LogP contribution is -2.24. The molecule has 0 aromatic carbocycles. The van der Waals surface area contributed by atoms with E-state index in [9.17, 15) is 0 Å². The van der Waals surface area contributed by atoms with Gasteiger partial charge in [-0.25, -0.2) is 0 Å². The second-order valence-electron chi connectivity index (χ2n) is 6.24. The topological polar surface area (TPSA) is 12.0 Å². The quantitative estimate of drug-likeness (QED) is 0.733. The van der Waals surface area contributed by atoms with E-state index in [1.54, 1.807) is 32.1 Å². The summed E-state index contributed by atoms with van der Waals surface area (Å²) in [6.07, 6.45) is 12.2. The van der Waals surface area contributed by atoms with Gasteiger partial charge < -0.3 is 5.32 Å². The predicted molar refractivity (Wildman–Crippen MR) is 63.8 cm³/mol. The molecule has 3 aliphatic rings. The predicted octanol–water partition coefficient (Wildman–Crippen LogP) is 3.20. The molecule has 1 heterocycles. The van der Waals surface area contributed by atoms with Crippen molar-refractivity contribution in [3.05, 3.63) is 0 Å². The van der Waals surface area contributed by atoms with Crippen LogP contribution in [0.5, 0.6) is 0 Å². The van der Waals surface area contributed by atoms with E-state index >= 15 is 0 Å². The van der Waals surface area contributed by atoms with E-state index in [2.05, 4.69) is 5.32 Å². The van der Waals surface area contributed by atoms with Gasteiger partial charge in [0.2, 0.25) is 0 Å². The third-order valence-electron chi connectivity index (χ3n) is 5.17. The summed E-state index contributed by atoms with van der Waals surface area (Å²) < 4.78 is 0. The largest absolute Gasteiger partial charge is 0.316 e. The summed E-state index contributed by atoms with van der Waals surface area (Å²) in [6.45, 7) is 2.58. The smallest absolute Gasteiger partial charge is 0.00204 e. The van der Waals surface area contributed by atoms with Crippen molar-refractivity contribution < 1.29 is 0 Å². The molecule has 2 aliphatic carbocycles. The van der Waals surface area contributed by atoms with E-state index in [1.165, 1.54) is 32.4 Å². The fourth-order valence-corrected chi connectivity index (χ4v) is 4.39. The van der Waals surface area contributed by atoms with Crippen LogP contribution in [0, 0.1) is 23.7 Å². The molecular weight excluding hydrogens is 182 g/mol. The summed E-state index contributed by atoms with van der Waals surface area (Å²) in [5.41, 5.74) is 0. The third-order valence-corrected chi connectivity index (χ3v) is 5.17. The van der Waals surface area contributed by atoms with Gasteiger partial charge in [0, 0.05) is 0 Å². The Morgan fingerprint density at radius 3 is 2.80 bits per heavy atom. The van der Waals surface area contributed by atoms with E-state index in [4.69, 9.17) is 0 Å². The van der Waals surface area contributed by atoms with Crippen LogP contribution in [0.15, 0.2) is 0 Å². The molecule has 2 saturated carbocycles. The molecule has 1 heteroatoms. The van der Waals surface area contributed by atoms with Gasteiger partial charge in [-0.1, -0.05) is 12.8 Å². The Balaban J connectivity index is 1.51. The van der Waals surface area contributed by atoms with Gasteiger partial charge >= 0.3 is 0 Å². The minimum Gasteiger partial charge on any atom is -0.316 e. The number of fused-ring (bicyclic) bond motifs is 2. The summed E-state index contributed by atoms with van der Waals surface area (Å²) in [6, 6.07) is 0. The summed E-state index contributed by atoms with van der Waals surface area (Å²) >= 11 is 0. The van der Waals surface area contributed by atoms with Crippen LogP contribution >= 0.6 is 0 Å². The van der Waals surface area contributed by atoms with E-state index < -0.39 is 0 Å². The molecule has 1 aliphatic heterocycles. The molecule has 1 N–H and O–H groups in total. The second kappa shape index (κ2) is 4.45. The molecule has 0 aromatic rings. The lowest BCUT2D eigenvalue weighted by Gasteiger charge is -2.26. The monoisotopic (exact) mass is 207 g/mol. The maximum absolute atomic E-state index is 3.62. The van der Waals surface area contributed by atoms with Crippen LogP contribution < -0.4 is 5.32 Å². The van der Waals surface area contributed by atoms with Gasteiger partial charge in [-0.05, 0) is 75.3 Å². The Morgan fingerprint density at radius 1 is 1.00 bits per heavy atom. The van der Waals surface area contributed by atoms with E-state index in [-0.39, 0.29) is 0 Å². The second-order valence-corrected chi connectivity index (χ2v) is 6.24. The van der Waals surface area contributed by atoms with Crippen molar-refractivity contribution in [3.8, 4) is 0 Å². The van der Waals surface area contributed by atoms with Crippen molar-refractivity contribution in [1.82, 2.24) is 5.32 Å². The molecule has 0 aromatic heterocycles. The highest BCUT2D eigenvalue weighted by Gasteiger charge is 2.39. The lowest BCUT2D eigenvalue weighted by atomic mass is 9.81. The molecule has 86 valence electrons.